The molecule has 26 heavy (non-hydrogen) atoms. The fraction of sp³-hybridized carbons (Fsp3) is 0.105. The zero-order valence-electron chi connectivity index (χ0n) is 14.0. The monoisotopic (exact) mass is 370 g/mol. The van der Waals surface area contributed by atoms with Gasteiger partial charge in [-0.1, -0.05) is 29.8 Å². The third-order valence-corrected chi connectivity index (χ3v) is 3.96. The van der Waals surface area contributed by atoms with Crippen LogP contribution in [-0.2, 0) is 6.54 Å². The van der Waals surface area contributed by atoms with E-state index in [-0.39, 0.29) is 24.0 Å². The van der Waals surface area contributed by atoms with Gasteiger partial charge in [0.2, 0.25) is 5.95 Å². The molecule has 3 aromatic rings. The van der Waals surface area contributed by atoms with Crippen LogP contribution in [0.1, 0.15) is 21.6 Å². The number of hydrogen-bond acceptors (Lipinski definition) is 4. The summed E-state index contributed by atoms with van der Waals surface area (Å²) in [6.07, 6.45) is 1.48. The van der Waals surface area contributed by atoms with Crippen molar-refractivity contribution < 1.29 is 9.18 Å². The van der Waals surface area contributed by atoms with Crippen LogP contribution in [0, 0.1) is 12.7 Å². The van der Waals surface area contributed by atoms with Gasteiger partial charge in [0.1, 0.15) is 11.5 Å². The maximum absolute atomic E-state index is 13.6. The van der Waals surface area contributed by atoms with E-state index in [2.05, 4.69) is 20.6 Å². The summed E-state index contributed by atoms with van der Waals surface area (Å²) in [5.74, 6) is -0.489. The first-order chi connectivity index (χ1) is 12.5. The summed E-state index contributed by atoms with van der Waals surface area (Å²) in [7, 11) is 0. The Labute approximate surface area is 155 Å². The topological polar surface area (TPSA) is 66.9 Å². The van der Waals surface area contributed by atoms with E-state index >= 15 is 0 Å². The highest BCUT2D eigenvalue weighted by Crippen LogP contribution is 2.21. The minimum atomic E-state index is -0.411. The van der Waals surface area contributed by atoms with Crippen LogP contribution in [0.4, 0.5) is 16.0 Å². The molecule has 5 nitrogen and oxygen atoms in total. The van der Waals surface area contributed by atoms with Gasteiger partial charge in [0.05, 0.1) is 0 Å². The molecule has 0 aliphatic heterocycles. The molecule has 3 rings (SSSR count). The summed E-state index contributed by atoms with van der Waals surface area (Å²) >= 11 is 5.94. The smallest absolute Gasteiger partial charge is 0.270 e. The highest BCUT2D eigenvalue weighted by molar-refractivity contribution is 6.30. The van der Waals surface area contributed by atoms with Gasteiger partial charge >= 0.3 is 0 Å². The average Bonchev–Trinajstić information content (AvgIpc) is 2.63. The summed E-state index contributed by atoms with van der Waals surface area (Å²) in [6, 6.07) is 13.2. The van der Waals surface area contributed by atoms with Crippen LogP contribution in [0.3, 0.4) is 0 Å². The third-order valence-electron chi connectivity index (χ3n) is 3.72. The van der Waals surface area contributed by atoms with Crippen molar-refractivity contribution in [3.05, 3.63) is 82.4 Å². The predicted molar refractivity (Wildman–Crippen MR) is 99.1 cm³/mol. The van der Waals surface area contributed by atoms with Crippen LogP contribution < -0.4 is 10.6 Å². The van der Waals surface area contributed by atoms with E-state index in [1.54, 1.807) is 24.3 Å². The molecule has 1 amide bonds. The number of rotatable bonds is 5. The molecule has 2 aromatic carbocycles. The molecular weight excluding hydrogens is 355 g/mol. The van der Waals surface area contributed by atoms with Crippen LogP contribution in [-0.4, -0.2) is 15.9 Å². The quantitative estimate of drug-likeness (QED) is 0.704. The lowest BCUT2D eigenvalue weighted by Gasteiger charge is -2.10. The first-order valence-electron chi connectivity index (χ1n) is 7.91. The summed E-state index contributed by atoms with van der Waals surface area (Å²) in [4.78, 5) is 20.6. The number of nitrogens with one attached hydrogen (secondary N) is 2. The zero-order chi connectivity index (χ0) is 18.5. The van der Waals surface area contributed by atoms with Crippen molar-refractivity contribution in [2.45, 2.75) is 13.5 Å². The number of amides is 1. The summed E-state index contributed by atoms with van der Waals surface area (Å²) in [6.45, 7) is 1.98. The molecule has 0 atom stereocenters. The molecule has 0 radical (unpaired) electrons. The van der Waals surface area contributed by atoms with Gasteiger partial charge in [-0.3, -0.25) is 4.79 Å². The van der Waals surface area contributed by atoms with Gasteiger partial charge in [-0.2, -0.15) is 0 Å². The molecule has 0 bridgehead atoms. The maximum Gasteiger partial charge on any atom is 0.270 e. The zero-order valence-corrected chi connectivity index (χ0v) is 14.7. The number of halogens is 2. The molecule has 0 aliphatic carbocycles. The average molecular weight is 371 g/mol. The first-order valence-corrected chi connectivity index (χ1v) is 8.28. The summed E-state index contributed by atoms with van der Waals surface area (Å²) in [5, 5.41) is 6.34. The maximum atomic E-state index is 13.6. The molecule has 1 aromatic heterocycles. The Balaban J connectivity index is 1.70. The third kappa shape index (κ3) is 4.34. The number of carbonyl (C=O) groups excluding carboxylic acids is 1. The van der Waals surface area contributed by atoms with E-state index in [0.29, 0.717) is 10.6 Å². The standard InChI is InChI=1S/C19H16ClFN4O/c1-12-10-14(20)6-7-16(12)24-19-22-9-8-17(25-19)18(26)23-11-13-4-2-3-5-15(13)21/h2-10H,11H2,1H3,(H,23,26)(H,22,24,25). The van der Waals surface area contributed by atoms with Gasteiger partial charge in [-0.15, -0.1) is 0 Å². The summed E-state index contributed by atoms with van der Waals surface area (Å²) < 4.78 is 13.6. The molecule has 0 unspecified atom stereocenters. The Morgan fingerprint density at radius 1 is 1.19 bits per heavy atom. The lowest BCUT2D eigenvalue weighted by atomic mass is 10.2. The van der Waals surface area contributed by atoms with Crippen molar-refractivity contribution >= 4 is 29.1 Å². The van der Waals surface area contributed by atoms with Gasteiger partial charge in [-0.05, 0) is 42.8 Å². The van der Waals surface area contributed by atoms with Crippen molar-refractivity contribution in [2.24, 2.45) is 0 Å². The number of aryl methyl sites for hydroxylation is 1. The number of aromatic nitrogens is 2. The fourth-order valence-electron chi connectivity index (χ4n) is 2.34. The van der Waals surface area contributed by atoms with Gasteiger partial charge in [-0.25, -0.2) is 14.4 Å². The van der Waals surface area contributed by atoms with Crippen molar-refractivity contribution in [3.63, 3.8) is 0 Å². The first kappa shape index (κ1) is 17.8. The van der Waals surface area contributed by atoms with E-state index in [1.807, 2.05) is 19.1 Å². The number of anilines is 2. The molecule has 1 heterocycles. The predicted octanol–water partition coefficient (Wildman–Crippen LogP) is 4.25. The van der Waals surface area contributed by atoms with Crippen LogP contribution in [0.2, 0.25) is 5.02 Å². The van der Waals surface area contributed by atoms with E-state index in [4.69, 9.17) is 11.6 Å². The van der Waals surface area contributed by atoms with Crippen molar-refractivity contribution in [1.29, 1.82) is 0 Å². The van der Waals surface area contributed by atoms with Gasteiger partial charge in [0.25, 0.3) is 5.91 Å². The summed E-state index contributed by atoms with van der Waals surface area (Å²) in [5.41, 5.74) is 2.31. The minimum Gasteiger partial charge on any atom is -0.347 e. The number of hydrogen-bond donors (Lipinski definition) is 2. The second-order valence-electron chi connectivity index (χ2n) is 5.62. The highest BCUT2D eigenvalue weighted by atomic mass is 35.5. The Morgan fingerprint density at radius 3 is 2.77 bits per heavy atom. The number of carbonyl (C=O) groups is 1. The Kier molecular flexibility index (Phi) is 5.43. The van der Waals surface area contributed by atoms with E-state index in [9.17, 15) is 9.18 Å². The van der Waals surface area contributed by atoms with Crippen LogP contribution in [0.5, 0.6) is 0 Å². The van der Waals surface area contributed by atoms with Gasteiger partial charge < -0.3 is 10.6 Å². The highest BCUT2D eigenvalue weighted by Gasteiger charge is 2.10. The van der Waals surface area contributed by atoms with Crippen molar-refractivity contribution in [3.8, 4) is 0 Å². The van der Waals surface area contributed by atoms with E-state index in [1.165, 1.54) is 18.3 Å². The fourth-order valence-corrected chi connectivity index (χ4v) is 2.57. The van der Waals surface area contributed by atoms with Crippen molar-refractivity contribution in [2.75, 3.05) is 5.32 Å². The molecule has 0 fully saturated rings. The van der Waals surface area contributed by atoms with E-state index in [0.717, 1.165) is 11.3 Å². The molecule has 0 saturated heterocycles. The molecule has 2 N–H and O–H groups in total. The normalized spacial score (nSPS) is 10.4. The van der Waals surface area contributed by atoms with Crippen molar-refractivity contribution in [1.82, 2.24) is 15.3 Å². The lowest BCUT2D eigenvalue weighted by molar-refractivity contribution is 0.0945. The second kappa shape index (κ2) is 7.93. The lowest BCUT2D eigenvalue weighted by Crippen LogP contribution is -2.24. The largest absolute Gasteiger partial charge is 0.347 e. The SMILES string of the molecule is Cc1cc(Cl)ccc1Nc1nccc(C(=O)NCc2ccccc2F)n1. The van der Waals surface area contributed by atoms with Crippen LogP contribution >= 0.6 is 11.6 Å². The molecular formula is C19H16ClFN4O. The molecule has 7 heteroatoms. The molecule has 132 valence electrons. The van der Waals surface area contributed by atoms with Crippen LogP contribution in [0.25, 0.3) is 0 Å². The number of nitrogens with zero attached hydrogens (tertiary/aromatic N) is 2. The Hall–Kier alpha value is -2.99. The van der Waals surface area contributed by atoms with Crippen LogP contribution in [0.15, 0.2) is 54.7 Å². The Bertz CT molecular complexity index is 948. The molecule has 0 aliphatic rings. The molecule has 0 spiro atoms. The Morgan fingerprint density at radius 2 is 2.00 bits per heavy atom. The van der Waals surface area contributed by atoms with Gasteiger partial charge in [0.15, 0.2) is 0 Å². The van der Waals surface area contributed by atoms with Gasteiger partial charge in [0, 0.05) is 29.0 Å². The van der Waals surface area contributed by atoms with E-state index < -0.39 is 5.91 Å². The number of benzene rings is 2. The molecule has 0 saturated carbocycles. The second-order valence-corrected chi connectivity index (χ2v) is 6.06. The minimum absolute atomic E-state index is 0.0779.